The van der Waals surface area contributed by atoms with E-state index in [0.717, 1.165) is 6.29 Å². The van der Waals surface area contributed by atoms with Gasteiger partial charge in [0.25, 0.3) is 0 Å². The van der Waals surface area contributed by atoms with Gasteiger partial charge in [0.05, 0.1) is 0 Å². The molecule has 0 fully saturated rings. The first-order valence-corrected chi connectivity index (χ1v) is 8.35. The van der Waals surface area contributed by atoms with Crippen LogP contribution in [0, 0.1) is 5.41 Å². The number of aldehydes is 1. The standard InChI is InChI=1S/C10H21O4P/c1-10(2,7-11)8(6-9(12)13)14-15(3,4)5/h7-8,15H,6H2,1-5H3,(H,12,13)/t8-/m0/s1. The summed E-state index contributed by atoms with van der Waals surface area (Å²) in [5, 5.41) is 8.76. The number of carbonyl (C=O) groups excluding carboxylic acids is 1. The maximum absolute atomic E-state index is 10.9. The molecule has 0 amide bonds. The van der Waals surface area contributed by atoms with Crippen LogP contribution in [-0.4, -0.2) is 43.5 Å². The molecule has 0 spiro atoms. The third kappa shape index (κ3) is 5.85. The molecule has 0 saturated heterocycles. The molecule has 0 radical (unpaired) electrons. The van der Waals surface area contributed by atoms with Crippen LogP contribution >= 0.6 is 7.49 Å². The summed E-state index contributed by atoms with van der Waals surface area (Å²) in [4.78, 5) is 21.6. The molecule has 1 N–H and O–H groups in total. The van der Waals surface area contributed by atoms with Crippen LogP contribution in [0.15, 0.2) is 0 Å². The molecule has 90 valence electrons. The zero-order chi connectivity index (χ0) is 12.3. The van der Waals surface area contributed by atoms with E-state index < -0.39 is 25.0 Å². The Labute approximate surface area is 91.4 Å². The Morgan fingerprint density at radius 3 is 2.20 bits per heavy atom. The third-order valence-corrected chi connectivity index (χ3v) is 2.98. The van der Waals surface area contributed by atoms with E-state index in [1.165, 1.54) is 0 Å². The van der Waals surface area contributed by atoms with Gasteiger partial charge in [0.2, 0.25) is 0 Å². The Bertz CT molecular complexity index is 242. The zero-order valence-corrected chi connectivity index (χ0v) is 11.0. The van der Waals surface area contributed by atoms with Crippen LogP contribution in [-0.2, 0) is 14.1 Å². The van der Waals surface area contributed by atoms with Crippen LogP contribution < -0.4 is 0 Å². The van der Waals surface area contributed by atoms with Gasteiger partial charge in [0, 0.05) is 0 Å². The van der Waals surface area contributed by atoms with Gasteiger partial charge in [-0.3, -0.25) is 0 Å². The topological polar surface area (TPSA) is 63.6 Å². The number of rotatable bonds is 6. The van der Waals surface area contributed by atoms with Gasteiger partial charge in [-0.1, -0.05) is 0 Å². The van der Waals surface area contributed by atoms with Crippen molar-refractivity contribution in [2.24, 2.45) is 5.41 Å². The first-order chi connectivity index (χ1) is 6.58. The van der Waals surface area contributed by atoms with Crippen molar-refractivity contribution < 1.29 is 19.2 Å². The molecular weight excluding hydrogens is 215 g/mol. The van der Waals surface area contributed by atoms with Crippen molar-refractivity contribution in [3.05, 3.63) is 0 Å². The molecule has 0 aromatic carbocycles. The third-order valence-electron chi connectivity index (χ3n) is 1.99. The first kappa shape index (κ1) is 14.5. The van der Waals surface area contributed by atoms with E-state index in [0.29, 0.717) is 0 Å². The van der Waals surface area contributed by atoms with E-state index in [1.54, 1.807) is 13.8 Å². The van der Waals surface area contributed by atoms with Gasteiger partial charge in [0.15, 0.2) is 0 Å². The van der Waals surface area contributed by atoms with Gasteiger partial charge in [-0.15, -0.1) is 0 Å². The molecule has 0 heterocycles. The Morgan fingerprint density at radius 1 is 1.47 bits per heavy atom. The van der Waals surface area contributed by atoms with Crippen molar-refractivity contribution in [1.29, 1.82) is 0 Å². The molecule has 0 aliphatic heterocycles. The number of carboxylic acids is 1. The number of hydrogen-bond donors (Lipinski definition) is 1. The molecule has 0 rings (SSSR count). The van der Waals surface area contributed by atoms with Crippen molar-refractivity contribution in [3.8, 4) is 0 Å². The van der Waals surface area contributed by atoms with Crippen LogP contribution in [0.2, 0.25) is 0 Å². The van der Waals surface area contributed by atoms with Gasteiger partial charge in [0.1, 0.15) is 0 Å². The van der Waals surface area contributed by atoms with Crippen LogP contribution in [0.4, 0.5) is 0 Å². The van der Waals surface area contributed by atoms with Gasteiger partial charge in [-0.05, 0) is 0 Å². The van der Waals surface area contributed by atoms with Crippen molar-refractivity contribution in [2.45, 2.75) is 26.4 Å². The monoisotopic (exact) mass is 236 g/mol. The fraction of sp³-hybridized carbons (Fsp3) is 0.800. The second-order valence-electron chi connectivity index (χ2n) is 5.26. The van der Waals surface area contributed by atoms with Gasteiger partial charge in [-0.2, -0.15) is 0 Å². The summed E-state index contributed by atoms with van der Waals surface area (Å²) < 4.78 is 5.73. The number of carboxylic acid groups (broad SMARTS) is 1. The number of aliphatic carboxylic acids is 1. The van der Waals surface area contributed by atoms with Gasteiger partial charge in [-0.25, -0.2) is 0 Å². The van der Waals surface area contributed by atoms with Crippen LogP contribution in [0.1, 0.15) is 20.3 Å². The number of hydrogen-bond acceptors (Lipinski definition) is 3. The molecule has 5 heteroatoms. The average molecular weight is 236 g/mol. The molecule has 15 heavy (non-hydrogen) atoms. The number of carbonyl (C=O) groups is 2. The predicted molar refractivity (Wildman–Crippen MR) is 63.1 cm³/mol. The summed E-state index contributed by atoms with van der Waals surface area (Å²) in [6, 6.07) is 0. The van der Waals surface area contributed by atoms with Gasteiger partial charge >= 0.3 is 90.7 Å². The Balaban J connectivity index is 4.73. The summed E-state index contributed by atoms with van der Waals surface area (Å²) >= 11 is 0. The van der Waals surface area contributed by atoms with E-state index in [9.17, 15) is 9.59 Å². The molecule has 0 unspecified atom stereocenters. The van der Waals surface area contributed by atoms with E-state index in [1.807, 2.05) is 20.0 Å². The van der Waals surface area contributed by atoms with Crippen molar-refractivity contribution in [3.63, 3.8) is 0 Å². The first-order valence-electron chi connectivity index (χ1n) is 4.94. The Kier molecular flexibility index (Phi) is 4.88. The molecule has 0 aliphatic carbocycles. The average Bonchev–Trinajstić information content (AvgIpc) is 1.99. The maximum atomic E-state index is 10.9. The summed E-state index contributed by atoms with van der Waals surface area (Å²) in [5.41, 5.74) is -0.751. The molecule has 4 nitrogen and oxygen atoms in total. The molecule has 0 aromatic heterocycles. The SMILES string of the molecule is CC(C)(C=O)[C@H](CC(=O)O)O[PH](C)(C)C. The summed E-state index contributed by atoms with van der Waals surface area (Å²) in [6.07, 6.45) is 0.0932. The van der Waals surface area contributed by atoms with E-state index in [-0.39, 0.29) is 6.42 Å². The molecule has 0 aliphatic rings. The minimum absolute atomic E-state index is 0.129. The van der Waals surface area contributed by atoms with E-state index in [2.05, 4.69) is 0 Å². The van der Waals surface area contributed by atoms with Crippen LogP contribution in [0.5, 0.6) is 0 Å². The summed E-state index contributed by atoms with van der Waals surface area (Å²) in [5.74, 6) is -0.937. The van der Waals surface area contributed by atoms with Crippen molar-refractivity contribution in [1.82, 2.24) is 0 Å². The van der Waals surface area contributed by atoms with Crippen molar-refractivity contribution >= 4 is 19.7 Å². The molecule has 0 saturated carbocycles. The van der Waals surface area contributed by atoms with Crippen molar-refractivity contribution in [2.75, 3.05) is 20.0 Å². The minimum atomic E-state index is -1.84. The van der Waals surface area contributed by atoms with Gasteiger partial charge < -0.3 is 0 Å². The quantitative estimate of drug-likeness (QED) is 0.562. The van der Waals surface area contributed by atoms with E-state index in [4.69, 9.17) is 9.63 Å². The second kappa shape index (κ2) is 5.04. The Hall–Kier alpha value is -0.470. The second-order valence-corrected chi connectivity index (χ2v) is 9.72. The fourth-order valence-corrected chi connectivity index (χ4v) is 2.36. The molecule has 1 atom stereocenters. The Morgan fingerprint density at radius 2 is 1.93 bits per heavy atom. The molecular formula is C10H21O4P. The predicted octanol–water partition coefficient (Wildman–Crippen LogP) is 1.63. The summed E-state index contributed by atoms with van der Waals surface area (Å²) in [7, 11) is -1.84. The molecule has 0 aromatic rings. The zero-order valence-electron chi connectivity index (χ0n) is 10.0. The van der Waals surface area contributed by atoms with Crippen LogP contribution in [0.3, 0.4) is 0 Å². The van der Waals surface area contributed by atoms with Crippen LogP contribution in [0.25, 0.3) is 0 Å². The summed E-state index contributed by atoms with van der Waals surface area (Å²) in [6.45, 7) is 9.33. The van der Waals surface area contributed by atoms with E-state index >= 15 is 0 Å². The normalized spacial score (nSPS) is 15.8. The molecule has 0 bridgehead atoms. The fourth-order valence-electron chi connectivity index (χ4n) is 1.12.